The quantitative estimate of drug-likeness (QED) is 0.686. The Bertz CT molecular complexity index is 989. The fourth-order valence-electron chi connectivity index (χ4n) is 3.00. The van der Waals surface area contributed by atoms with E-state index < -0.39 is 15.9 Å². The van der Waals surface area contributed by atoms with Crippen molar-refractivity contribution in [2.24, 2.45) is 0 Å². The monoisotopic (exact) mass is 434 g/mol. The van der Waals surface area contributed by atoms with E-state index in [4.69, 9.17) is 14.2 Å². The van der Waals surface area contributed by atoms with Gasteiger partial charge >= 0.3 is 0 Å². The predicted octanol–water partition coefficient (Wildman–Crippen LogP) is 2.58. The van der Waals surface area contributed by atoms with E-state index in [0.717, 1.165) is 4.31 Å². The van der Waals surface area contributed by atoms with Gasteiger partial charge < -0.3 is 19.5 Å². The second-order valence-corrected chi connectivity index (χ2v) is 8.83. The molecule has 1 amide bonds. The Morgan fingerprint density at radius 2 is 1.77 bits per heavy atom. The summed E-state index contributed by atoms with van der Waals surface area (Å²) in [6.07, 6.45) is 0. The van der Waals surface area contributed by atoms with Crippen molar-refractivity contribution in [3.8, 4) is 17.2 Å². The topological polar surface area (TPSA) is 94.2 Å². The number of nitrogens with one attached hydrogen (secondary N) is 1. The predicted molar refractivity (Wildman–Crippen MR) is 113 cm³/mol. The Labute approximate surface area is 176 Å². The highest BCUT2D eigenvalue weighted by Gasteiger charge is 2.29. The molecule has 9 heteroatoms. The minimum atomic E-state index is -4.05. The minimum absolute atomic E-state index is 0.0120. The lowest BCUT2D eigenvalue weighted by molar-refractivity contribution is -0.120. The molecule has 0 fully saturated rings. The Morgan fingerprint density at radius 3 is 2.40 bits per heavy atom. The lowest BCUT2D eigenvalue weighted by atomic mass is 10.3. The molecule has 0 radical (unpaired) electrons. The number of hydrogen-bond acceptors (Lipinski definition) is 6. The van der Waals surface area contributed by atoms with E-state index in [1.54, 1.807) is 30.3 Å². The Hall–Kier alpha value is -2.94. The molecule has 0 bridgehead atoms. The molecule has 30 heavy (non-hydrogen) atoms. The number of carbonyl (C=O) groups is 1. The molecule has 1 N–H and O–H groups in total. The number of carbonyl (C=O) groups excluding carboxylic acids is 1. The van der Waals surface area contributed by atoms with Crippen molar-refractivity contribution in [2.75, 3.05) is 30.7 Å². The molecule has 1 aliphatic rings. The van der Waals surface area contributed by atoms with E-state index in [1.807, 2.05) is 20.8 Å². The van der Waals surface area contributed by atoms with Crippen LogP contribution in [0.15, 0.2) is 47.4 Å². The molecule has 0 aliphatic carbocycles. The number of rotatable bonds is 8. The number of amides is 1. The van der Waals surface area contributed by atoms with Crippen LogP contribution in [0.1, 0.15) is 20.8 Å². The molecule has 1 aliphatic heterocycles. The third kappa shape index (κ3) is 4.96. The smallest absolute Gasteiger partial charge is 0.264 e. The van der Waals surface area contributed by atoms with Crippen LogP contribution in [-0.4, -0.2) is 46.7 Å². The largest absolute Gasteiger partial charge is 0.494 e. The average molecular weight is 435 g/mol. The third-order valence-corrected chi connectivity index (χ3v) is 6.04. The first-order valence-electron chi connectivity index (χ1n) is 9.76. The van der Waals surface area contributed by atoms with Crippen molar-refractivity contribution in [1.82, 2.24) is 5.32 Å². The first-order valence-corrected chi connectivity index (χ1v) is 11.2. The van der Waals surface area contributed by atoms with Gasteiger partial charge in [-0.15, -0.1) is 0 Å². The Balaban J connectivity index is 1.98. The summed E-state index contributed by atoms with van der Waals surface area (Å²) in [4.78, 5) is 12.4. The van der Waals surface area contributed by atoms with Crippen LogP contribution in [0.5, 0.6) is 17.2 Å². The third-order valence-electron chi connectivity index (χ3n) is 4.27. The molecule has 1 heterocycles. The van der Waals surface area contributed by atoms with Crippen molar-refractivity contribution in [3.05, 3.63) is 42.5 Å². The van der Waals surface area contributed by atoms with Gasteiger partial charge in [0.2, 0.25) is 5.91 Å². The van der Waals surface area contributed by atoms with Gasteiger partial charge in [-0.05, 0) is 57.2 Å². The summed E-state index contributed by atoms with van der Waals surface area (Å²) in [6, 6.07) is 10.9. The van der Waals surface area contributed by atoms with Gasteiger partial charge in [0.1, 0.15) is 25.5 Å². The zero-order valence-corrected chi connectivity index (χ0v) is 18.1. The lowest BCUT2D eigenvalue weighted by Gasteiger charge is -2.26. The molecule has 0 unspecified atom stereocenters. The SMILES string of the molecule is CCOc1ccc(N(CC(=O)NC(C)C)S(=O)(=O)c2ccc3c(c2)OCCO3)cc1. The Morgan fingerprint density at radius 1 is 1.10 bits per heavy atom. The van der Waals surface area contributed by atoms with E-state index in [-0.39, 0.29) is 17.5 Å². The van der Waals surface area contributed by atoms with Crippen molar-refractivity contribution in [2.45, 2.75) is 31.7 Å². The zero-order valence-electron chi connectivity index (χ0n) is 17.3. The van der Waals surface area contributed by atoms with Crippen molar-refractivity contribution < 1.29 is 27.4 Å². The Kier molecular flexibility index (Phi) is 6.71. The van der Waals surface area contributed by atoms with E-state index in [9.17, 15) is 13.2 Å². The van der Waals surface area contributed by atoms with Gasteiger partial charge in [0.15, 0.2) is 11.5 Å². The van der Waals surface area contributed by atoms with Crippen LogP contribution >= 0.6 is 0 Å². The van der Waals surface area contributed by atoms with E-state index in [2.05, 4.69) is 5.32 Å². The molecule has 162 valence electrons. The molecule has 3 rings (SSSR count). The van der Waals surface area contributed by atoms with Crippen molar-refractivity contribution >= 4 is 21.6 Å². The number of hydrogen-bond donors (Lipinski definition) is 1. The second kappa shape index (κ2) is 9.25. The number of sulfonamides is 1. The maximum atomic E-state index is 13.5. The zero-order chi connectivity index (χ0) is 21.7. The first-order chi connectivity index (χ1) is 14.3. The van der Waals surface area contributed by atoms with E-state index in [1.165, 1.54) is 12.1 Å². The fourth-order valence-corrected chi connectivity index (χ4v) is 4.44. The molecule has 0 saturated heterocycles. The number of nitrogens with zero attached hydrogens (tertiary/aromatic N) is 1. The van der Waals surface area contributed by atoms with Gasteiger partial charge in [-0.1, -0.05) is 0 Å². The maximum Gasteiger partial charge on any atom is 0.264 e. The second-order valence-electron chi connectivity index (χ2n) is 6.97. The summed E-state index contributed by atoms with van der Waals surface area (Å²) in [5.74, 6) is 1.07. The van der Waals surface area contributed by atoms with Crippen LogP contribution < -0.4 is 23.8 Å². The minimum Gasteiger partial charge on any atom is -0.494 e. The lowest BCUT2D eigenvalue weighted by Crippen LogP contribution is -2.42. The summed E-state index contributed by atoms with van der Waals surface area (Å²) in [6.45, 7) is 6.38. The molecule has 8 nitrogen and oxygen atoms in total. The van der Waals surface area contributed by atoms with Crippen LogP contribution in [0.25, 0.3) is 0 Å². The standard InChI is InChI=1S/C21H26N2O6S/c1-4-27-17-7-5-16(6-8-17)23(14-21(24)22-15(2)3)30(25,26)18-9-10-19-20(13-18)29-12-11-28-19/h5-10,13,15H,4,11-12,14H2,1-3H3,(H,22,24). The average Bonchev–Trinajstić information content (AvgIpc) is 2.72. The molecular weight excluding hydrogens is 408 g/mol. The highest BCUT2D eigenvalue weighted by molar-refractivity contribution is 7.92. The van der Waals surface area contributed by atoms with Gasteiger partial charge in [-0.2, -0.15) is 0 Å². The van der Waals surface area contributed by atoms with Crippen LogP contribution in [0.4, 0.5) is 5.69 Å². The molecule has 0 spiro atoms. The van der Waals surface area contributed by atoms with Crippen molar-refractivity contribution in [3.63, 3.8) is 0 Å². The van der Waals surface area contributed by atoms with Gasteiger partial charge in [0.25, 0.3) is 10.0 Å². The molecular formula is C21H26N2O6S. The maximum absolute atomic E-state index is 13.5. The molecule has 0 aromatic heterocycles. The van der Waals surface area contributed by atoms with Gasteiger partial charge in [0.05, 0.1) is 17.2 Å². The van der Waals surface area contributed by atoms with Crippen LogP contribution in [0, 0.1) is 0 Å². The van der Waals surface area contributed by atoms with Gasteiger partial charge in [-0.25, -0.2) is 8.42 Å². The molecule has 0 atom stereocenters. The molecule has 2 aromatic rings. The summed E-state index contributed by atoms with van der Waals surface area (Å²) in [5.41, 5.74) is 0.354. The number of anilines is 1. The normalized spacial score (nSPS) is 13.1. The molecule has 0 saturated carbocycles. The van der Waals surface area contributed by atoms with Crippen LogP contribution in [-0.2, 0) is 14.8 Å². The highest BCUT2D eigenvalue weighted by atomic mass is 32.2. The number of ether oxygens (including phenoxy) is 3. The van der Waals surface area contributed by atoms with Gasteiger partial charge in [0, 0.05) is 12.1 Å². The van der Waals surface area contributed by atoms with Gasteiger partial charge in [-0.3, -0.25) is 9.10 Å². The summed E-state index contributed by atoms with van der Waals surface area (Å²) in [7, 11) is -4.05. The fraction of sp³-hybridized carbons (Fsp3) is 0.381. The van der Waals surface area contributed by atoms with E-state index in [0.29, 0.717) is 42.8 Å². The van der Waals surface area contributed by atoms with Crippen LogP contribution in [0.3, 0.4) is 0 Å². The van der Waals surface area contributed by atoms with Crippen LogP contribution in [0.2, 0.25) is 0 Å². The van der Waals surface area contributed by atoms with Crippen molar-refractivity contribution in [1.29, 1.82) is 0 Å². The first kappa shape index (κ1) is 21.8. The number of benzene rings is 2. The summed E-state index contributed by atoms with van der Waals surface area (Å²) in [5, 5.41) is 2.73. The molecule has 2 aromatic carbocycles. The number of fused-ring (bicyclic) bond motifs is 1. The summed E-state index contributed by atoms with van der Waals surface area (Å²) < 4.78 is 44.4. The highest BCUT2D eigenvalue weighted by Crippen LogP contribution is 2.34. The van der Waals surface area contributed by atoms with E-state index >= 15 is 0 Å². The summed E-state index contributed by atoms with van der Waals surface area (Å²) >= 11 is 0.